The molecule has 366 valence electrons. The summed E-state index contributed by atoms with van der Waals surface area (Å²) in [6.45, 7) is 0. The van der Waals surface area contributed by atoms with Crippen LogP contribution >= 0.6 is 0 Å². The van der Waals surface area contributed by atoms with Crippen LogP contribution in [0.2, 0.25) is 0 Å². The minimum Gasteiger partial charge on any atom is -0.455 e. The van der Waals surface area contributed by atoms with Gasteiger partial charge in [0.05, 0.1) is 22.1 Å². The highest BCUT2D eigenvalue weighted by molar-refractivity contribution is 6.26. The van der Waals surface area contributed by atoms with Crippen LogP contribution in [0, 0.1) is 0 Å². The predicted octanol–water partition coefficient (Wildman–Crippen LogP) is 21.1. The van der Waals surface area contributed by atoms with Crippen LogP contribution < -0.4 is 0 Å². The van der Waals surface area contributed by atoms with E-state index in [2.05, 4.69) is 288 Å². The third kappa shape index (κ3) is 6.42. The molecular formula is C76H46N2O. The molecule has 0 aliphatic rings. The highest BCUT2D eigenvalue weighted by atomic mass is 16.3. The average Bonchev–Trinajstić information content (AvgIpc) is 4.39. The second-order valence-corrected chi connectivity index (χ2v) is 21.0. The van der Waals surface area contributed by atoms with Gasteiger partial charge in [-0.3, -0.25) is 0 Å². The zero-order valence-corrected chi connectivity index (χ0v) is 42.9. The van der Waals surface area contributed by atoms with Gasteiger partial charge in [-0.15, -0.1) is 0 Å². The maximum atomic E-state index is 7.26. The lowest BCUT2D eigenvalue weighted by molar-refractivity contribution is 0.670. The second kappa shape index (κ2) is 17.0. The van der Waals surface area contributed by atoms with Gasteiger partial charge in [-0.1, -0.05) is 206 Å². The lowest BCUT2D eigenvalue weighted by atomic mass is 9.85. The molecule has 3 heteroatoms. The Labute approximate surface area is 454 Å². The van der Waals surface area contributed by atoms with Crippen LogP contribution in [0.15, 0.2) is 283 Å². The van der Waals surface area contributed by atoms with Crippen molar-refractivity contribution in [3.05, 3.63) is 279 Å². The summed E-state index contributed by atoms with van der Waals surface area (Å²) in [7, 11) is 0. The molecule has 0 amide bonds. The molecule has 17 rings (SSSR count). The Morgan fingerprint density at radius 2 is 0.557 bits per heavy atom. The van der Waals surface area contributed by atoms with Gasteiger partial charge in [0.15, 0.2) is 0 Å². The van der Waals surface area contributed by atoms with Gasteiger partial charge in [0.2, 0.25) is 0 Å². The van der Waals surface area contributed by atoms with Crippen molar-refractivity contribution < 1.29 is 4.42 Å². The van der Waals surface area contributed by atoms with Gasteiger partial charge in [-0.05, 0) is 149 Å². The van der Waals surface area contributed by atoms with Crippen molar-refractivity contribution in [2.24, 2.45) is 0 Å². The van der Waals surface area contributed by atoms with E-state index in [0.717, 1.165) is 44.4 Å². The molecule has 0 atom stereocenters. The van der Waals surface area contributed by atoms with E-state index in [1.807, 2.05) is 0 Å². The van der Waals surface area contributed by atoms with Crippen molar-refractivity contribution in [2.75, 3.05) is 0 Å². The molecule has 3 nitrogen and oxygen atoms in total. The molecular weight excluding hydrogens is 957 g/mol. The van der Waals surface area contributed by atoms with E-state index >= 15 is 0 Å². The summed E-state index contributed by atoms with van der Waals surface area (Å²) in [6.07, 6.45) is 0. The predicted molar refractivity (Wildman–Crippen MR) is 334 cm³/mol. The molecule has 0 N–H and O–H groups in total. The first-order valence-corrected chi connectivity index (χ1v) is 27.2. The van der Waals surface area contributed by atoms with Crippen LogP contribution in [0.5, 0.6) is 0 Å². The molecule has 0 bridgehead atoms. The number of fused-ring (bicyclic) bond motifs is 13. The summed E-state index contributed by atoms with van der Waals surface area (Å²) >= 11 is 0. The molecule has 0 fully saturated rings. The first-order valence-electron chi connectivity index (χ1n) is 27.2. The van der Waals surface area contributed by atoms with Crippen molar-refractivity contribution in [1.82, 2.24) is 9.13 Å². The maximum absolute atomic E-state index is 7.26. The summed E-state index contributed by atoms with van der Waals surface area (Å²) in [4.78, 5) is 0. The molecule has 3 aromatic heterocycles. The minimum absolute atomic E-state index is 0.866. The third-order valence-corrected chi connectivity index (χ3v) is 16.9. The van der Waals surface area contributed by atoms with E-state index in [9.17, 15) is 0 Å². The van der Waals surface area contributed by atoms with E-state index in [0.29, 0.717) is 0 Å². The molecule has 0 spiro atoms. The zero-order valence-electron chi connectivity index (χ0n) is 42.9. The Morgan fingerprint density at radius 1 is 0.215 bits per heavy atom. The molecule has 0 saturated heterocycles. The lowest BCUT2D eigenvalue weighted by Crippen LogP contribution is -1.93. The van der Waals surface area contributed by atoms with E-state index in [-0.39, 0.29) is 0 Å². The normalized spacial score (nSPS) is 12.1. The van der Waals surface area contributed by atoms with Crippen molar-refractivity contribution in [3.8, 4) is 55.9 Å². The second-order valence-electron chi connectivity index (χ2n) is 21.0. The number of nitrogens with zero attached hydrogens (tertiary/aromatic N) is 2. The quantitative estimate of drug-likeness (QED) is 0.152. The minimum atomic E-state index is 0.866. The maximum Gasteiger partial charge on any atom is 0.143 e. The first kappa shape index (κ1) is 43.7. The Balaban J connectivity index is 0.837. The molecule has 17 aromatic rings. The molecule has 0 saturated carbocycles. The number of rotatable bonds is 6. The van der Waals surface area contributed by atoms with Crippen LogP contribution in [-0.2, 0) is 0 Å². The van der Waals surface area contributed by atoms with Crippen LogP contribution in [0.3, 0.4) is 0 Å². The van der Waals surface area contributed by atoms with Crippen molar-refractivity contribution in [1.29, 1.82) is 0 Å². The highest BCUT2D eigenvalue weighted by Gasteiger charge is 2.24. The van der Waals surface area contributed by atoms with E-state index in [1.165, 1.54) is 120 Å². The Hall–Kier alpha value is -10.5. The monoisotopic (exact) mass is 1000 g/mol. The van der Waals surface area contributed by atoms with Gasteiger partial charge < -0.3 is 13.6 Å². The van der Waals surface area contributed by atoms with Crippen molar-refractivity contribution in [3.63, 3.8) is 0 Å². The van der Waals surface area contributed by atoms with Gasteiger partial charge in [0.25, 0.3) is 0 Å². The summed E-state index contributed by atoms with van der Waals surface area (Å²) < 4.78 is 12.0. The summed E-state index contributed by atoms with van der Waals surface area (Å²) in [5.74, 6) is 0. The molecule has 0 radical (unpaired) electrons. The van der Waals surface area contributed by atoms with Gasteiger partial charge in [-0.2, -0.15) is 0 Å². The Morgan fingerprint density at radius 3 is 1.00 bits per heavy atom. The largest absolute Gasteiger partial charge is 0.455 e. The summed E-state index contributed by atoms with van der Waals surface area (Å²) in [5.41, 5.74) is 18.3. The fourth-order valence-corrected chi connectivity index (χ4v) is 13.6. The number of para-hydroxylation sites is 5. The fourth-order valence-electron chi connectivity index (χ4n) is 13.6. The van der Waals surface area contributed by atoms with Crippen LogP contribution in [-0.4, -0.2) is 9.13 Å². The van der Waals surface area contributed by atoms with Crippen molar-refractivity contribution >= 4 is 109 Å². The number of furan rings is 1. The standard InChI is InChI=1S/C76H46N2O/c1-3-20-50(21-4-1)77-67-36-17-15-24-52(67)65-44-47(39-42-69(65)77)72-55-26-7-9-28-57(55)74(58-29-10-8-27-56(58)72)49-38-41-54-63-34-19-35-64(76(63)79-71(54)46-49)75-61-32-13-11-30-59(61)73(60-31-12-14-33-62(60)75)48-40-43-70-66(45-48)53-25-16-18-37-68(53)78(70)51-22-5-2-6-23-51/h1-46H. The highest BCUT2D eigenvalue weighted by Crippen LogP contribution is 2.50. The molecule has 14 aromatic carbocycles. The number of benzene rings is 14. The number of hydrogen-bond acceptors (Lipinski definition) is 1. The van der Waals surface area contributed by atoms with E-state index in [1.54, 1.807) is 0 Å². The first-order chi connectivity index (χ1) is 39.2. The molecule has 0 aliphatic heterocycles. The van der Waals surface area contributed by atoms with Crippen LogP contribution in [0.1, 0.15) is 0 Å². The van der Waals surface area contributed by atoms with Gasteiger partial charge >= 0.3 is 0 Å². The zero-order chi connectivity index (χ0) is 51.7. The third-order valence-electron chi connectivity index (χ3n) is 16.9. The van der Waals surface area contributed by atoms with Crippen LogP contribution in [0.4, 0.5) is 0 Å². The van der Waals surface area contributed by atoms with E-state index in [4.69, 9.17) is 4.42 Å². The topological polar surface area (TPSA) is 23.0 Å². The van der Waals surface area contributed by atoms with Gasteiger partial charge in [0.1, 0.15) is 11.2 Å². The fraction of sp³-hybridized carbons (Fsp3) is 0. The smallest absolute Gasteiger partial charge is 0.143 e. The van der Waals surface area contributed by atoms with E-state index < -0.39 is 0 Å². The average molecular weight is 1000 g/mol. The van der Waals surface area contributed by atoms with Crippen molar-refractivity contribution in [2.45, 2.75) is 0 Å². The Kier molecular flexibility index (Phi) is 9.42. The summed E-state index contributed by atoms with van der Waals surface area (Å²) in [5, 5.41) is 16.8. The van der Waals surface area contributed by atoms with Gasteiger partial charge in [-0.25, -0.2) is 0 Å². The SMILES string of the molecule is c1ccc(-n2c3ccccc3c3cc(-c4c5ccccc5c(-c5ccc6c(c5)oc5c(-c7c8ccccc8c(-c8ccc9c(c8)c8ccccc8n9-c8ccccc8)c8ccccc78)cccc56)c5ccccc45)ccc32)cc1. The van der Waals surface area contributed by atoms with Gasteiger partial charge in [0, 0.05) is 54.8 Å². The lowest BCUT2D eigenvalue weighted by Gasteiger charge is -2.18. The molecule has 0 unspecified atom stereocenters. The number of hydrogen-bond donors (Lipinski definition) is 0. The summed E-state index contributed by atoms with van der Waals surface area (Å²) in [6, 6.07) is 102. The molecule has 3 heterocycles. The molecule has 0 aliphatic carbocycles. The Bertz CT molecular complexity index is 5250. The van der Waals surface area contributed by atoms with Crippen LogP contribution in [0.25, 0.3) is 165 Å². The number of aromatic nitrogens is 2. The molecule has 79 heavy (non-hydrogen) atoms.